The second-order valence-corrected chi connectivity index (χ2v) is 23.9. The van der Waals surface area contributed by atoms with E-state index in [1.54, 1.807) is 82.2 Å². The van der Waals surface area contributed by atoms with Crippen molar-refractivity contribution in [2.75, 3.05) is 45.8 Å². The van der Waals surface area contributed by atoms with Crippen molar-refractivity contribution in [3.05, 3.63) is 154 Å². The lowest BCUT2D eigenvalue weighted by Crippen LogP contribution is -2.62. The molecule has 2 aliphatic rings. The Kier molecular flexibility index (Phi) is 21.1. The standard InChI is InChI=1S/C64H78F2N12O9/c1-40(76(9)62(84)87-64(5,6)7)58(80)72-56(63(2,3)4)61(83)78-37-44-33-46(25-24-42(44)34-53(78)60(82)71-51-23-13-17-41-16-10-11-20-47(41)51)86-31-30-85-38-55(79)75(8)28-15-29-77-54(73-74-57(77)52-26-27-67-39-70-52)36-68-45-19-12-18-43(32-45)59(81)69-35-48-49(65)21-14-22-50(48)66/h10-12,14,16,18-22,24-27,32-33,39-40,51,53,56,68H,13,15,17,23,28-31,34-38H2,1-9H3,(H,69,81)(H,71,82)(H,72,80)/t40-,51+,53-,56?/m0/s1. The van der Waals surface area contributed by atoms with Crippen molar-refractivity contribution in [1.29, 1.82) is 0 Å². The zero-order valence-electron chi connectivity index (χ0n) is 50.8. The van der Waals surface area contributed by atoms with E-state index in [1.165, 1.54) is 34.8 Å². The van der Waals surface area contributed by atoms with Gasteiger partial charge in [0.25, 0.3) is 5.91 Å². The molecule has 3 heterocycles. The van der Waals surface area contributed by atoms with Crippen LogP contribution in [0.5, 0.6) is 5.75 Å². The third-order valence-electron chi connectivity index (χ3n) is 15.3. The number of aromatic nitrogens is 5. The fourth-order valence-electron chi connectivity index (χ4n) is 10.3. The van der Waals surface area contributed by atoms with Gasteiger partial charge in [0.05, 0.1) is 19.2 Å². The van der Waals surface area contributed by atoms with Gasteiger partial charge in [0, 0.05) is 69.7 Å². The monoisotopic (exact) mass is 1200 g/mol. The number of aryl methyl sites for hydroxylation is 1. The zero-order valence-corrected chi connectivity index (χ0v) is 50.8. The third-order valence-corrected chi connectivity index (χ3v) is 15.3. The molecule has 6 aromatic rings. The summed E-state index contributed by atoms with van der Waals surface area (Å²) in [6.07, 6.45) is 5.59. The number of hydrogen-bond acceptors (Lipinski definition) is 14. The molecular formula is C64H78F2N12O9. The maximum atomic E-state index is 15.1. The van der Waals surface area contributed by atoms with Gasteiger partial charge in [0.2, 0.25) is 23.6 Å². The van der Waals surface area contributed by atoms with Crippen molar-refractivity contribution in [1.82, 2.24) is 55.4 Å². The number of carbonyl (C=O) groups excluding carboxylic acids is 6. The van der Waals surface area contributed by atoms with Gasteiger partial charge >= 0.3 is 6.09 Å². The molecule has 23 heteroatoms. The maximum Gasteiger partial charge on any atom is 0.410 e. The number of amides is 6. The molecule has 462 valence electrons. The highest BCUT2D eigenvalue weighted by Crippen LogP contribution is 2.34. The Morgan fingerprint density at radius 1 is 0.839 bits per heavy atom. The molecule has 0 saturated carbocycles. The van der Waals surface area contributed by atoms with Gasteiger partial charge in [0.15, 0.2) is 11.6 Å². The topological polar surface area (TPSA) is 244 Å². The highest BCUT2D eigenvalue weighted by Gasteiger charge is 2.44. The number of benzene rings is 4. The predicted octanol–water partition coefficient (Wildman–Crippen LogP) is 7.73. The number of halogens is 2. The first-order valence-corrected chi connectivity index (χ1v) is 29.2. The van der Waals surface area contributed by atoms with Crippen LogP contribution in [-0.2, 0) is 67.7 Å². The van der Waals surface area contributed by atoms with Crippen LogP contribution in [0.3, 0.4) is 0 Å². The minimum Gasteiger partial charge on any atom is -0.491 e. The largest absolute Gasteiger partial charge is 0.491 e. The first kappa shape index (κ1) is 64.1. The van der Waals surface area contributed by atoms with Crippen molar-refractivity contribution in [3.63, 3.8) is 0 Å². The Balaban J connectivity index is 0.862. The van der Waals surface area contributed by atoms with E-state index in [-0.39, 0.29) is 74.9 Å². The first-order chi connectivity index (χ1) is 41.4. The van der Waals surface area contributed by atoms with Crippen molar-refractivity contribution in [2.24, 2.45) is 5.41 Å². The van der Waals surface area contributed by atoms with Crippen molar-refractivity contribution < 1.29 is 51.8 Å². The summed E-state index contributed by atoms with van der Waals surface area (Å²) in [4.78, 5) is 95.6. The van der Waals surface area contributed by atoms with Gasteiger partial charge in [-0.25, -0.2) is 23.5 Å². The number of hydrogen-bond donors (Lipinski definition) is 4. The molecule has 1 unspecified atom stereocenters. The van der Waals surface area contributed by atoms with Crippen molar-refractivity contribution >= 4 is 41.3 Å². The van der Waals surface area contributed by atoms with Gasteiger partial charge in [-0.1, -0.05) is 63.2 Å². The Morgan fingerprint density at radius 3 is 2.33 bits per heavy atom. The van der Waals surface area contributed by atoms with E-state index in [2.05, 4.69) is 47.5 Å². The van der Waals surface area contributed by atoms with E-state index in [0.29, 0.717) is 48.3 Å². The lowest BCUT2D eigenvalue weighted by atomic mass is 9.83. The molecule has 6 amide bonds. The van der Waals surface area contributed by atoms with E-state index < -0.39 is 64.6 Å². The van der Waals surface area contributed by atoms with Crippen LogP contribution in [0.15, 0.2) is 104 Å². The van der Waals surface area contributed by atoms with Gasteiger partial charge in [0.1, 0.15) is 66.3 Å². The molecule has 21 nitrogen and oxygen atoms in total. The summed E-state index contributed by atoms with van der Waals surface area (Å²) in [6, 6.07) is 22.2. The van der Waals surface area contributed by atoms with Gasteiger partial charge in [-0.3, -0.25) is 28.9 Å². The average molecular weight is 1200 g/mol. The first-order valence-electron chi connectivity index (χ1n) is 29.2. The van der Waals surface area contributed by atoms with Crippen LogP contribution in [0.4, 0.5) is 19.3 Å². The lowest BCUT2D eigenvalue weighted by Gasteiger charge is -2.42. The number of likely N-dealkylation sites (N-methyl/N-ethyl adjacent to an activating group) is 2. The van der Waals surface area contributed by atoms with Gasteiger partial charge in [-0.15, -0.1) is 10.2 Å². The Hall–Kier alpha value is -8.86. The van der Waals surface area contributed by atoms with E-state index in [9.17, 15) is 32.8 Å². The quantitative estimate of drug-likeness (QED) is 0.0449. The van der Waals surface area contributed by atoms with E-state index in [4.69, 9.17) is 14.2 Å². The fourth-order valence-corrected chi connectivity index (χ4v) is 10.3. The highest BCUT2D eigenvalue weighted by molar-refractivity contribution is 5.96. The van der Waals surface area contributed by atoms with Crippen LogP contribution in [-0.4, -0.2) is 139 Å². The summed E-state index contributed by atoms with van der Waals surface area (Å²) in [5, 5.41) is 20.9. The van der Waals surface area contributed by atoms with Gasteiger partial charge < -0.3 is 49.8 Å². The molecule has 1 aliphatic heterocycles. The van der Waals surface area contributed by atoms with E-state index in [0.717, 1.165) is 48.1 Å². The van der Waals surface area contributed by atoms with Crippen molar-refractivity contribution in [2.45, 2.75) is 137 Å². The summed E-state index contributed by atoms with van der Waals surface area (Å²) in [6.45, 7) is 12.9. The number of ether oxygens (including phenoxy) is 3. The number of nitrogens with zero attached hydrogens (tertiary/aromatic N) is 8. The minimum absolute atomic E-state index is 0.0400. The van der Waals surface area contributed by atoms with E-state index >= 15 is 4.79 Å². The maximum absolute atomic E-state index is 15.1. The molecular weight excluding hydrogens is 1120 g/mol. The molecule has 0 saturated heterocycles. The van der Waals surface area contributed by atoms with Gasteiger partial charge in [-0.05, 0) is 130 Å². The number of nitrogens with one attached hydrogen (secondary N) is 4. The lowest BCUT2D eigenvalue weighted by molar-refractivity contribution is -0.147. The Bertz CT molecular complexity index is 3400. The van der Waals surface area contributed by atoms with Gasteiger partial charge in [-0.2, -0.15) is 0 Å². The van der Waals surface area contributed by atoms with Crippen LogP contribution in [0, 0.1) is 17.0 Å². The Morgan fingerprint density at radius 2 is 1.60 bits per heavy atom. The average Bonchev–Trinajstić information content (AvgIpc) is 1.60. The normalized spacial score (nSPS) is 15.4. The second kappa shape index (κ2) is 28.6. The second-order valence-electron chi connectivity index (χ2n) is 23.9. The molecule has 0 bridgehead atoms. The molecule has 0 fully saturated rings. The molecule has 8 rings (SSSR count). The number of fused-ring (bicyclic) bond motifs is 2. The molecule has 87 heavy (non-hydrogen) atoms. The summed E-state index contributed by atoms with van der Waals surface area (Å²) in [5.74, 6) is -2.06. The minimum atomic E-state index is -1.10. The molecule has 0 radical (unpaired) electrons. The summed E-state index contributed by atoms with van der Waals surface area (Å²) < 4.78 is 47.7. The number of anilines is 1. The number of rotatable bonds is 23. The molecule has 4 atom stereocenters. The predicted molar refractivity (Wildman–Crippen MR) is 321 cm³/mol. The SMILES string of the molecule is C[C@@H](C(=O)NC(C(=O)N1Cc2cc(OCCOCC(=O)N(C)CCCn3c(CNc4cccc(C(=O)NCc5c(F)cccc5F)c4)nnc3-c3ccncn3)ccc2C[C@H]1C(=O)N[C@@H]1CCCc2ccccc21)C(C)(C)C)N(C)C(=O)OC(C)(C)C. The zero-order chi connectivity index (χ0) is 62.6. The van der Waals surface area contributed by atoms with Crippen LogP contribution in [0.25, 0.3) is 11.5 Å². The smallest absolute Gasteiger partial charge is 0.410 e. The Labute approximate surface area is 505 Å². The number of carbonyl (C=O) groups is 6. The summed E-state index contributed by atoms with van der Waals surface area (Å²) in [5.41, 5.74) is 3.40. The highest BCUT2D eigenvalue weighted by atomic mass is 19.1. The summed E-state index contributed by atoms with van der Waals surface area (Å²) >= 11 is 0. The molecule has 4 N–H and O–H groups in total. The molecule has 0 spiro atoms. The van der Waals surface area contributed by atoms with Crippen LogP contribution in [0.2, 0.25) is 0 Å². The van der Waals surface area contributed by atoms with Crippen molar-refractivity contribution in [3.8, 4) is 17.3 Å². The van der Waals surface area contributed by atoms with Crippen LogP contribution in [0.1, 0.15) is 118 Å². The third kappa shape index (κ3) is 16.8. The van der Waals surface area contributed by atoms with E-state index in [1.807, 2.05) is 55.7 Å². The molecule has 1 aliphatic carbocycles. The summed E-state index contributed by atoms with van der Waals surface area (Å²) in [7, 11) is 3.15. The fraction of sp³-hybridized carbons (Fsp3) is 0.438. The molecule has 4 aromatic carbocycles. The van der Waals surface area contributed by atoms with Crippen LogP contribution >= 0.6 is 0 Å². The van der Waals surface area contributed by atoms with Crippen LogP contribution < -0.4 is 26.0 Å². The molecule has 2 aromatic heterocycles.